The Labute approximate surface area is 137 Å². The molecule has 0 atom stereocenters. The number of sulfonamides is 1. The smallest absolute Gasteiger partial charge is 0.262 e. The van der Waals surface area contributed by atoms with Gasteiger partial charge in [-0.3, -0.25) is 4.72 Å². The maximum absolute atomic E-state index is 12.4. The van der Waals surface area contributed by atoms with E-state index in [1.165, 1.54) is 30.3 Å². The van der Waals surface area contributed by atoms with Gasteiger partial charge < -0.3 is 9.90 Å². The Morgan fingerprint density at radius 1 is 1.09 bits per heavy atom. The Kier molecular flexibility index (Phi) is 4.65. The number of carboxylic acids is 1. The van der Waals surface area contributed by atoms with Crippen molar-refractivity contribution in [3.05, 3.63) is 57.6 Å². The molecule has 0 aliphatic carbocycles. The molecule has 0 spiro atoms. The molecule has 22 heavy (non-hydrogen) atoms. The first kappa shape index (κ1) is 16.6. The zero-order valence-corrected chi connectivity index (χ0v) is 13.6. The molecular weight excluding hydrogens is 349 g/mol. The standard InChI is InChI=1S/C14H11Cl2NO4S/c1-8-2-3-9(14(18)19)6-13(8)22(20,21)17-10-4-5-11(15)12(16)7-10/h2-7,17H,1H3,(H,18,19)/p-1. The van der Waals surface area contributed by atoms with Crippen LogP contribution in [-0.2, 0) is 10.0 Å². The third kappa shape index (κ3) is 3.52. The van der Waals surface area contributed by atoms with Crippen molar-refractivity contribution in [1.82, 2.24) is 0 Å². The normalized spacial score (nSPS) is 11.2. The van der Waals surface area contributed by atoms with Gasteiger partial charge in [0.15, 0.2) is 0 Å². The molecule has 0 saturated carbocycles. The van der Waals surface area contributed by atoms with Crippen molar-refractivity contribution in [3.8, 4) is 0 Å². The Morgan fingerprint density at radius 2 is 1.77 bits per heavy atom. The molecule has 2 rings (SSSR count). The predicted molar refractivity (Wildman–Crippen MR) is 82.8 cm³/mol. The van der Waals surface area contributed by atoms with Gasteiger partial charge in [-0.1, -0.05) is 35.3 Å². The molecule has 0 aliphatic heterocycles. The summed E-state index contributed by atoms with van der Waals surface area (Å²) in [5.41, 5.74) is 0.394. The van der Waals surface area contributed by atoms with Gasteiger partial charge >= 0.3 is 0 Å². The average Bonchev–Trinajstić information content (AvgIpc) is 2.42. The van der Waals surface area contributed by atoms with Crippen LogP contribution in [0.2, 0.25) is 10.0 Å². The van der Waals surface area contributed by atoms with E-state index in [4.69, 9.17) is 23.2 Å². The second-order valence-corrected chi connectivity index (χ2v) is 6.97. The van der Waals surface area contributed by atoms with Gasteiger partial charge in [0.2, 0.25) is 0 Å². The summed E-state index contributed by atoms with van der Waals surface area (Å²) in [4.78, 5) is 10.7. The minimum Gasteiger partial charge on any atom is -0.545 e. The first-order chi connectivity index (χ1) is 10.2. The molecule has 2 aromatic carbocycles. The van der Waals surface area contributed by atoms with Crippen molar-refractivity contribution in [2.45, 2.75) is 11.8 Å². The summed E-state index contributed by atoms with van der Waals surface area (Å²) >= 11 is 11.6. The first-order valence-corrected chi connectivity index (χ1v) is 8.24. The fourth-order valence-electron chi connectivity index (χ4n) is 1.79. The van der Waals surface area contributed by atoms with E-state index in [1.807, 2.05) is 0 Å². The summed E-state index contributed by atoms with van der Waals surface area (Å²) in [7, 11) is -3.97. The lowest BCUT2D eigenvalue weighted by Gasteiger charge is -2.13. The Hall–Kier alpha value is -1.76. The van der Waals surface area contributed by atoms with Crippen LogP contribution >= 0.6 is 23.2 Å². The number of rotatable bonds is 4. The molecule has 0 heterocycles. The summed E-state index contributed by atoms with van der Waals surface area (Å²) in [6.45, 7) is 1.56. The molecular formula is C14H10Cl2NO4S-. The lowest BCUT2D eigenvalue weighted by atomic mass is 10.1. The molecule has 8 heteroatoms. The van der Waals surface area contributed by atoms with Crippen molar-refractivity contribution in [2.24, 2.45) is 0 Å². The predicted octanol–water partition coefficient (Wildman–Crippen LogP) is 2.47. The number of halogens is 2. The van der Waals surface area contributed by atoms with Gasteiger partial charge in [-0.2, -0.15) is 0 Å². The minimum atomic E-state index is -3.97. The average molecular weight is 359 g/mol. The van der Waals surface area contributed by atoms with Gasteiger partial charge in [-0.25, -0.2) is 8.42 Å². The molecule has 0 amide bonds. The number of carbonyl (C=O) groups excluding carboxylic acids is 1. The third-order valence-electron chi connectivity index (χ3n) is 2.89. The monoisotopic (exact) mass is 358 g/mol. The fraction of sp³-hybridized carbons (Fsp3) is 0.0714. The highest BCUT2D eigenvalue weighted by Gasteiger charge is 2.18. The van der Waals surface area contributed by atoms with E-state index in [9.17, 15) is 18.3 Å². The molecule has 0 fully saturated rings. The number of hydrogen-bond donors (Lipinski definition) is 1. The topological polar surface area (TPSA) is 86.3 Å². The largest absolute Gasteiger partial charge is 0.545 e. The van der Waals surface area contributed by atoms with E-state index in [0.29, 0.717) is 10.6 Å². The summed E-state index contributed by atoms with van der Waals surface area (Å²) in [6, 6.07) is 7.98. The molecule has 0 radical (unpaired) electrons. The van der Waals surface area contributed by atoms with E-state index in [-0.39, 0.29) is 21.2 Å². The van der Waals surface area contributed by atoms with Crippen LogP contribution in [0.15, 0.2) is 41.3 Å². The summed E-state index contributed by atoms with van der Waals surface area (Å²) < 4.78 is 27.1. The third-order valence-corrected chi connectivity index (χ3v) is 5.15. The molecule has 0 saturated heterocycles. The van der Waals surface area contributed by atoms with Gasteiger partial charge in [0.25, 0.3) is 10.0 Å². The van der Waals surface area contributed by atoms with Gasteiger partial charge in [-0.15, -0.1) is 0 Å². The zero-order chi connectivity index (χ0) is 16.5. The molecule has 1 N–H and O–H groups in total. The molecule has 2 aromatic rings. The van der Waals surface area contributed by atoms with Crippen LogP contribution in [0.25, 0.3) is 0 Å². The number of nitrogens with one attached hydrogen (secondary N) is 1. The van der Waals surface area contributed by atoms with E-state index in [0.717, 1.165) is 6.07 Å². The molecule has 0 bridgehead atoms. The number of carbonyl (C=O) groups is 1. The van der Waals surface area contributed by atoms with Crippen molar-refractivity contribution < 1.29 is 18.3 Å². The highest BCUT2D eigenvalue weighted by Crippen LogP contribution is 2.27. The number of aryl methyl sites for hydroxylation is 1. The maximum atomic E-state index is 12.4. The summed E-state index contributed by atoms with van der Waals surface area (Å²) in [5, 5.41) is 11.4. The SMILES string of the molecule is Cc1ccc(C(=O)[O-])cc1S(=O)(=O)Nc1ccc(Cl)c(Cl)c1. The molecule has 0 aliphatic rings. The molecule has 0 aromatic heterocycles. The lowest BCUT2D eigenvalue weighted by molar-refractivity contribution is -0.255. The van der Waals surface area contributed by atoms with E-state index < -0.39 is 16.0 Å². The number of benzene rings is 2. The van der Waals surface area contributed by atoms with Crippen molar-refractivity contribution in [2.75, 3.05) is 4.72 Å². The Balaban J connectivity index is 2.44. The zero-order valence-electron chi connectivity index (χ0n) is 11.3. The molecule has 5 nitrogen and oxygen atoms in total. The second kappa shape index (κ2) is 6.16. The number of anilines is 1. The van der Waals surface area contributed by atoms with Crippen LogP contribution in [-0.4, -0.2) is 14.4 Å². The number of aromatic carboxylic acids is 1. The Morgan fingerprint density at radius 3 is 2.36 bits per heavy atom. The van der Waals surface area contributed by atoms with Gasteiger partial charge in [0.05, 0.1) is 26.6 Å². The Bertz CT molecular complexity index is 850. The van der Waals surface area contributed by atoms with Gasteiger partial charge in [0, 0.05) is 0 Å². The van der Waals surface area contributed by atoms with Crippen LogP contribution in [0.3, 0.4) is 0 Å². The van der Waals surface area contributed by atoms with E-state index in [2.05, 4.69) is 4.72 Å². The summed E-state index contributed by atoms with van der Waals surface area (Å²) in [6.07, 6.45) is 0. The molecule has 116 valence electrons. The van der Waals surface area contributed by atoms with Crippen LogP contribution in [0.1, 0.15) is 15.9 Å². The van der Waals surface area contributed by atoms with Crippen LogP contribution < -0.4 is 9.83 Å². The van der Waals surface area contributed by atoms with Crippen molar-refractivity contribution in [3.63, 3.8) is 0 Å². The highest BCUT2D eigenvalue weighted by atomic mass is 35.5. The quantitative estimate of drug-likeness (QED) is 0.909. The van der Waals surface area contributed by atoms with Crippen LogP contribution in [0.5, 0.6) is 0 Å². The second-order valence-electron chi connectivity index (χ2n) is 4.50. The van der Waals surface area contributed by atoms with Gasteiger partial charge in [0.1, 0.15) is 0 Å². The minimum absolute atomic E-state index is 0.153. The van der Waals surface area contributed by atoms with Crippen molar-refractivity contribution >= 4 is 44.9 Å². The van der Waals surface area contributed by atoms with E-state index >= 15 is 0 Å². The lowest BCUT2D eigenvalue weighted by Crippen LogP contribution is -2.23. The van der Waals surface area contributed by atoms with Crippen LogP contribution in [0, 0.1) is 6.92 Å². The fourth-order valence-corrected chi connectivity index (χ4v) is 3.41. The summed E-state index contributed by atoms with van der Waals surface area (Å²) in [5.74, 6) is -1.45. The first-order valence-electron chi connectivity index (χ1n) is 6.00. The van der Waals surface area contributed by atoms with Crippen LogP contribution in [0.4, 0.5) is 5.69 Å². The molecule has 0 unspecified atom stereocenters. The number of carboxylic acid groups (broad SMARTS) is 1. The van der Waals surface area contributed by atoms with Crippen molar-refractivity contribution in [1.29, 1.82) is 0 Å². The van der Waals surface area contributed by atoms with Gasteiger partial charge in [-0.05, 0) is 42.3 Å². The van der Waals surface area contributed by atoms with E-state index in [1.54, 1.807) is 6.92 Å². The maximum Gasteiger partial charge on any atom is 0.262 e. The number of hydrogen-bond acceptors (Lipinski definition) is 4. The highest BCUT2D eigenvalue weighted by molar-refractivity contribution is 7.92.